The Kier molecular flexibility index (Phi) is 3.61. The summed E-state index contributed by atoms with van der Waals surface area (Å²) in [5, 5.41) is 9.38. The zero-order valence-corrected chi connectivity index (χ0v) is 12.6. The molecule has 0 radical (unpaired) electrons. The minimum Gasteiger partial charge on any atom is -0.382 e. The summed E-state index contributed by atoms with van der Waals surface area (Å²) in [6.45, 7) is 5.70. The normalized spacial score (nSPS) is 10.5. The quantitative estimate of drug-likeness (QED) is 0.794. The summed E-state index contributed by atoms with van der Waals surface area (Å²) in [7, 11) is 0. The molecule has 4 N–H and O–H groups in total. The Labute approximate surface area is 119 Å². The molecule has 0 aliphatic rings. The third kappa shape index (κ3) is 2.63. The standard InChI is InChI=1S/C13H15BrN4O/c1-6-4-7(2)11(9(14)5-6)16-13(19)10-8(3)17-18-12(10)15/h4-5H,1-3H3,(H,16,19)(H3,15,17,18). The Morgan fingerprint density at radius 2 is 2.05 bits per heavy atom. The fraction of sp³-hybridized carbons (Fsp3) is 0.231. The number of halogens is 1. The minimum absolute atomic E-state index is 0.205. The van der Waals surface area contributed by atoms with Gasteiger partial charge in [0, 0.05) is 10.2 Å². The zero-order valence-electron chi connectivity index (χ0n) is 11.0. The number of anilines is 2. The van der Waals surface area contributed by atoms with E-state index < -0.39 is 0 Å². The number of amides is 1. The average Bonchev–Trinajstić information content (AvgIpc) is 2.63. The molecule has 0 unspecified atom stereocenters. The number of nitrogens with zero attached hydrogens (tertiary/aromatic N) is 1. The van der Waals surface area contributed by atoms with E-state index >= 15 is 0 Å². The molecule has 2 aromatic rings. The van der Waals surface area contributed by atoms with Crippen LogP contribution in [-0.2, 0) is 0 Å². The summed E-state index contributed by atoms with van der Waals surface area (Å²) in [5.41, 5.74) is 9.57. The lowest BCUT2D eigenvalue weighted by Crippen LogP contribution is -2.15. The number of hydrogen-bond donors (Lipinski definition) is 3. The van der Waals surface area contributed by atoms with E-state index in [1.807, 2.05) is 26.0 Å². The first kappa shape index (κ1) is 13.6. The topological polar surface area (TPSA) is 83.8 Å². The number of carbonyl (C=O) groups excluding carboxylic acids is 1. The van der Waals surface area contributed by atoms with Crippen molar-refractivity contribution in [1.82, 2.24) is 10.2 Å². The fourth-order valence-electron chi connectivity index (χ4n) is 1.98. The molecule has 0 spiro atoms. The minimum atomic E-state index is -0.267. The number of hydrogen-bond acceptors (Lipinski definition) is 3. The maximum absolute atomic E-state index is 12.2. The molecule has 0 fully saturated rings. The van der Waals surface area contributed by atoms with E-state index in [2.05, 4.69) is 31.4 Å². The van der Waals surface area contributed by atoms with Crippen molar-refractivity contribution in [2.75, 3.05) is 11.1 Å². The van der Waals surface area contributed by atoms with E-state index in [-0.39, 0.29) is 11.7 Å². The van der Waals surface area contributed by atoms with Crippen LogP contribution in [0, 0.1) is 20.8 Å². The van der Waals surface area contributed by atoms with Crippen LogP contribution in [-0.4, -0.2) is 16.1 Å². The number of carbonyl (C=O) groups is 1. The monoisotopic (exact) mass is 322 g/mol. The van der Waals surface area contributed by atoms with Crippen LogP contribution in [0.15, 0.2) is 16.6 Å². The van der Waals surface area contributed by atoms with Gasteiger partial charge in [0.25, 0.3) is 5.91 Å². The molecular formula is C13H15BrN4O. The molecule has 0 saturated carbocycles. The third-order valence-electron chi connectivity index (χ3n) is 2.87. The average molecular weight is 323 g/mol. The summed E-state index contributed by atoms with van der Waals surface area (Å²) in [6, 6.07) is 3.96. The van der Waals surface area contributed by atoms with Gasteiger partial charge < -0.3 is 11.1 Å². The van der Waals surface area contributed by atoms with Gasteiger partial charge in [-0.2, -0.15) is 5.10 Å². The van der Waals surface area contributed by atoms with Crippen molar-refractivity contribution in [3.8, 4) is 0 Å². The Morgan fingerprint density at radius 3 is 2.58 bits per heavy atom. The number of aromatic nitrogens is 2. The Balaban J connectivity index is 2.35. The molecule has 5 nitrogen and oxygen atoms in total. The van der Waals surface area contributed by atoms with Gasteiger partial charge >= 0.3 is 0 Å². The van der Waals surface area contributed by atoms with Crippen LogP contribution in [0.2, 0.25) is 0 Å². The van der Waals surface area contributed by atoms with E-state index in [0.29, 0.717) is 11.3 Å². The van der Waals surface area contributed by atoms with Crippen molar-refractivity contribution < 1.29 is 4.79 Å². The van der Waals surface area contributed by atoms with E-state index in [0.717, 1.165) is 21.3 Å². The summed E-state index contributed by atoms with van der Waals surface area (Å²) < 4.78 is 0.845. The maximum atomic E-state index is 12.2. The van der Waals surface area contributed by atoms with Crippen molar-refractivity contribution in [2.24, 2.45) is 0 Å². The van der Waals surface area contributed by atoms with Crippen LogP contribution < -0.4 is 11.1 Å². The van der Waals surface area contributed by atoms with Gasteiger partial charge in [-0.15, -0.1) is 0 Å². The second kappa shape index (κ2) is 5.05. The lowest BCUT2D eigenvalue weighted by Gasteiger charge is -2.11. The van der Waals surface area contributed by atoms with E-state index in [1.165, 1.54) is 0 Å². The molecule has 1 heterocycles. The highest BCUT2D eigenvalue weighted by atomic mass is 79.9. The highest BCUT2D eigenvalue weighted by molar-refractivity contribution is 9.10. The van der Waals surface area contributed by atoms with Gasteiger partial charge in [-0.25, -0.2) is 0 Å². The number of nitrogens with two attached hydrogens (primary N) is 1. The summed E-state index contributed by atoms with van der Waals surface area (Å²) in [5.74, 6) is -0.0627. The molecule has 0 atom stereocenters. The number of rotatable bonds is 2. The highest BCUT2D eigenvalue weighted by Gasteiger charge is 2.18. The van der Waals surface area contributed by atoms with Crippen molar-refractivity contribution >= 4 is 33.3 Å². The molecule has 1 aromatic heterocycles. The van der Waals surface area contributed by atoms with E-state index in [4.69, 9.17) is 5.73 Å². The number of H-pyrrole nitrogens is 1. The van der Waals surface area contributed by atoms with Gasteiger partial charge in [-0.05, 0) is 53.9 Å². The van der Waals surface area contributed by atoms with Crippen LogP contribution in [0.5, 0.6) is 0 Å². The Bertz CT molecular complexity index is 606. The lowest BCUT2D eigenvalue weighted by atomic mass is 10.1. The van der Waals surface area contributed by atoms with E-state index in [1.54, 1.807) is 6.92 Å². The van der Waals surface area contributed by atoms with Gasteiger partial charge in [0.1, 0.15) is 5.56 Å². The van der Waals surface area contributed by atoms with Crippen LogP contribution in [0.3, 0.4) is 0 Å². The number of aromatic amines is 1. The predicted octanol–water partition coefficient (Wildman–Crippen LogP) is 2.93. The number of benzene rings is 1. The molecule has 6 heteroatoms. The number of nitrogen functional groups attached to an aromatic ring is 1. The fourth-order valence-corrected chi connectivity index (χ4v) is 2.76. The maximum Gasteiger partial charge on any atom is 0.261 e. The molecule has 2 rings (SSSR count). The van der Waals surface area contributed by atoms with Crippen molar-refractivity contribution in [3.05, 3.63) is 39.0 Å². The highest BCUT2D eigenvalue weighted by Crippen LogP contribution is 2.28. The number of aryl methyl sites for hydroxylation is 3. The molecular weight excluding hydrogens is 308 g/mol. The first-order valence-electron chi connectivity index (χ1n) is 5.78. The van der Waals surface area contributed by atoms with Gasteiger partial charge in [-0.1, -0.05) is 6.07 Å². The largest absolute Gasteiger partial charge is 0.382 e. The van der Waals surface area contributed by atoms with Gasteiger partial charge in [-0.3, -0.25) is 9.89 Å². The molecule has 0 aliphatic heterocycles. The van der Waals surface area contributed by atoms with Crippen molar-refractivity contribution in [1.29, 1.82) is 0 Å². The first-order valence-corrected chi connectivity index (χ1v) is 6.58. The van der Waals surface area contributed by atoms with Crippen LogP contribution in [0.4, 0.5) is 11.5 Å². The Morgan fingerprint density at radius 1 is 1.37 bits per heavy atom. The second-order valence-electron chi connectivity index (χ2n) is 4.50. The van der Waals surface area contributed by atoms with Crippen LogP contribution in [0.25, 0.3) is 0 Å². The van der Waals surface area contributed by atoms with Crippen LogP contribution in [0.1, 0.15) is 27.2 Å². The Hall–Kier alpha value is -1.82. The van der Waals surface area contributed by atoms with E-state index in [9.17, 15) is 4.79 Å². The third-order valence-corrected chi connectivity index (χ3v) is 3.50. The molecule has 19 heavy (non-hydrogen) atoms. The van der Waals surface area contributed by atoms with Gasteiger partial charge in [0.15, 0.2) is 5.82 Å². The SMILES string of the molecule is Cc1cc(C)c(NC(=O)c2c(N)n[nH]c2C)c(Br)c1. The molecule has 0 aliphatic carbocycles. The lowest BCUT2D eigenvalue weighted by molar-refractivity contribution is 0.102. The second-order valence-corrected chi connectivity index (χ2v) is 5.36. The van der Waals surface area contributed by atoms with Crippen molar-refractivity contribution in [3.63, 3.8) is 0 Å². The van der Waals surface area contributed by atoms with Gasteiger partial charge in [0.05, 0.1) is 5.69 Å². The smallest absolute Gasteiger partial charge is 0.261 e. The molecule has 1 aromatic carbocycles. The summed E-state index contributed by atoms with van der Waals surface area (Å²) >= 11 is 3.46. The summed E-state index contributed by atoms with van der Waals surface area (Å²) in [4.78, 5) is 12.2. The molecule has 100 valence electrons. The van der Waals surface area contributed by atoms with Crippen molar-refractivity contribution in [2.45, 2.75) is 20.8 Å². The first-order chi connectivity index (χ1) is 8.90. The van der Waals surface area contributed by atoms with Crippen LogP contribution >= 0.6 is 15.9 Å². The predicted molar refractivity (Wildman–Crippen MR) is 79.3 cm³/mol. The van der Waals surface area contributed by atoms with Gasteiger partial charge in [0.2, 0.25) is 0 Å². The zero-order chi connectivity index (χ0) is 14.2. The summed E-state index contributed by atoms with van der Waals surface area (Å²) in [6.07, 6.45) is 0. The molecule has 0 bridgehead atoms. The molecule has 1 amide bonds. The number of nitrogens with one attached hydrogen (secondary N) is 2. The molecule has 0 saturated heterocycles.